The minimum absolute atomic E-state index is 0.0342. The molecule has 3 aromatic rings. The van der Waals surface area contributed by atoms with Gasteiger partial charge in [0.15, 0.2) is 0 Å². The lowest BCUT2D eigenvalue weighted by molar-refractivity contribution is -0.766. The lowest BCUT2D eigenvalue weighted by atomic mass is 9.96. The van der Waals surface area contributed by atoms with Gasteiger partial charge in [0.05, 0.1) is 15.6 Å². The van der Waals surface area contributed by atoms with Crippen molar-refractivity contribution < 1.29 is 24.3 Å². The molecule has 1 aromatic carbocycles. The third-order valence-electron chi connectivity index (χ3n) is 5.17. The van der Waals surface area contributed by atoms with Gasteiger partial charge in [0, 0.05) is 30.9 Å². The number of amides is 1. The summed E-state index contributed by atoms with van der Waals surface area (Å²) >= 11 is 1.44. The molecule has 11 heteroatoms. The number of nitrogens with one attached hydrogen (secondary N) is 1. The van der Waals surface area contributed by atoms with Crippen LogP contribution in [0.15, 0.2) is 60.4 Å². The van der Waals surface area contributed by atoms with Crippen LogP contribution in [-0.4, -0.2) is 34.6 Å². The lowest BCUT2D eigenvalue weighted by Crippen LogP contribution is -2.27. The van der Waals surface area contributed by atoms with E-state index in [9.17, 15) is 19.7 Å². The Morgan fingerprint density at radius 1 is 1.30 bits per heavy atom. The van der Waals surface area contributed by atoms with Gasteiger partial charge in [-0.1, -0.05) is 24.3 Å². The van der Waals surface area contributed by atoms with E-state index in [1.807, 2.05) is 12.1 Å². The van der Waals surface area contributed by atoms with Gasteiger partial charge in [-0.25, -0.2) is 4.79 Å². The summed E-state index contributed by atoms with van der Waals surface area (Å²) in [5, 5.41) is 14.0. The number of ether oxygens (including phenoxy) is 1. The largest absolute Gasteiger partial charge is 0.457 e. The number of anilines is 1. The molecular formula is C22H20N4O6S. The summed E-state index contributed by atoms with van der Waals surface area (Å²) < 4.78 is 6.21. The predicted octanol–water partition coefficient (Wildman–Crippen LogP) is 2.93. The van der Waals surface area contributed by atoms with Crippen molar-refractivity contribution in [3.05, 3.63) is 81.7 Å². The summed E-state index contributed by atoms with van der Waals surface area (Å²) in [6.07, 6.45) is 4.26. The fraction of sp³-hybridized carbons (Fsp3) is 0.227. The normalized spacial score (nSPS) is 15.8. The van der Waals surface area contributed by atoms with E-state index in [0.29, 0.717) is 5.57 Å². The van der Waals surface area contributed by atoms with Crippen LogP contribution in [0.5, 0.6) is 0 Å². The number of carbonyl (C=O) groups is 2. The van der Waals surface area contributed by atoms with E-state index in [0.717, 1.165) is 26.2 Å². The number of thiophene rings is 1. The maximum absolute atomic E-state index is 12.8. The molecule has 1 aliphatic carbocycles. The van der Waals surface area contributed by atoms with E-state index < -0.39 is 23.1 Å². The van der Waals surface area contributed by atoms with E-state index >= 15 is 0 Å². The maximum Gasteiger partial charge on any atom is 0.334 e. The van der Waals surface area contributed by atoms with Gasteiger partial charge >= 0.3 is 5.97 Å². The second-order valence-electron chi connectivity index (χ2n) is 7.38. The number of nitrogens with two attached hydrogens (primary N) is 1. The van der Waals surface area contributed by atoms with Crippen LogP contribution in [-0.2, 0) is 25.8 Å². The SMILES string of the molecule is NC[C@@H](C(=O)Nc1cc2ccncc2s1)c1ccc(COC(=O)C2=CC(O[N+](=O)[O-])C2)cc1. The molecule has 4 rings (SSSR count). The van der Waals surface area contributed by atoms with Gasteiger partial charge < -0.3 is 20.6 Å². The van der Waals surface area contributed by atoms with Crippen LogP contribution in [0.2, 0.25) is 0 Å². The van der Waals surface area contributed by atoms with Crippen molar-refractivity contribution in [1.29, 1.82) is 0 Å². The minimum Gasteiger partial charge on any atom is -0.457 e. The summed E-state index contributed by atoms with van der Waals surface area (Å²) in [4.78, 5) is 43.5. The number of esters is 1. The molecule has 33 heavy (non-hydrogen) atoms. The van der Waals surface area contributed by atoms with E-state index in [-0.39, 0.29) is 25.5 Å². The quantitative estimate of drug-likeness (QED) is 0.277. The van der Waals surface area contributed by atoms with Crippen LogP contribution >= 0.6 is 11.3 Å². The van der Waals surface area contributed by atoms with Gasteiger partial charge in [0.1, 0.15) is 12.7 Å². The Balaban J connectivity index is 1.32. The first-order chi connectivity index (χ1) is 15.9. The standard InChI is InChI=1S/C22H20N4O6S/c23-10-18(21(27)25-20-9-15-5-6-24-11-19(15)33-20)14-3-1-13(2-4-14)12-31-22(28)16-7-17(8-16)32-26(29)30/h1-7,9,11,17-18H,8,10,12,23H2,(H,25,27)/t17?,18-/m1/s1. The second-order valence-corrected chi connectivity index (χ2v) is 8.47. The number of benzene rings is 1. The van der Waals surface area contributed by atoms with Gasteiger partial charge in [-0.05, 0) is 34.7 Å². The van der Waals surface area contributed by atoms with Crippen LogP contribution in [0, 0.1) is 10.1 Å². The molecule has 2 aromatic heterocycles. The Labute approximate surface area is 192 Å². The topological polar surface area (TPSA) is 147 Å². The van der Waals surface area contributed by atoms with Gasteiger partial charge in [-0.2, -0.15) is 0 Å². The lowest BCUT2D eigenvalue weighted by Gasteiger charge is -2.21. The number of carbonyl (C=O) groups excluding carboxylic acids is 2. The second kappa shape index (κ2) is 9.76. The van der Waals surface area contributed by atoms with Crippen molar-refractivity contribution in [1.82, 2.24) is 4.98 Å². The fourth-order valence-corrected chi connectivity index (χ4v) is 4.31. The first kappa shape index (κ1) is 22.4. The summed E-state index contributed by atoms with van der Waals surface area (Å²) in [7, 11) is 0. The molecule has 3 N–H and O–H groups in total. The predicted molar refractivity (Wildman–Crippen MR) is 121 cm³/mol. The molecule has 0 aliphatic heterocycles. The maximum atomic E-state index is 12.8. The third-order valence-corrected chi connectivity index (χ3v) is 6.17. The Kier molecular flexibility index (Phi) is 6.61. The Morgan fingerprint density at radius 2 is 2.06 bits per heavy atom. The number of aromatic nitrogens is 1. The van der Waals surface area contributed by atoms with Crippen molar-refractivity contribution >= 4 is 38.3 Å². The molecule has 0 saturated carbocycles. The molecule has 10 nitrogen and oxygen atoms in total. The Hall–Kier alpha value is -3.83. The molecule has 2 atom stereocenters. The Bertz CT molecular complexity index is 1190. The van der Waals surface area contributed by atoms with Crippen LogP contribution in [0.1, 0.15) is 23.5 Å². The zero-order chi connectivity index (χ0) is 23.4. The van der Waals surface area contributed by atoms with E-state index in [1.165, 1.54) is 17.4 Å². The highest BCUT2D eigenvalue weighted by molar-refractivity contribution is 7.22. The monoisotopic (exact) mass is 468 g/mol. The van der Waals surface area contributed by atoms with Gasteiger partial charge in [0.2, 0.25) is 5.91 Å². The zero-order valence-corrected chi connectivity index (χ0v) is 18.1. The third kappa shape index (κ3) is 5.33. The molecule has 1 aliphatic rings. The van der Waals surface area contributed by atoms with E-state index in [1.54, 1.807) is 36.7 Å². The minimum atomic E-state index is -0.889. The fourth-order valence-electron chi connectivity index (χ4n) is 3.37. The highest BCUT2D eigenvalue weighted by atomic mass is 32.1. The smallest absolute Gasteiger partial charge is 0.334 e. The molecule has 0 saturated heterocycles. The van der Waals surface area contributed by atoms with E-state index in [4.69, 9.17) is 10.5 Å². The molecule has 2 heterocycles. The van der Waals surface area contributed by atoms with Crippen molar-refractivity contribution in [2.75, 3.05) is 11.9 Å². The van der Waals surface area contributed by atoms with Crippen molar-refractivity contribution in [2.24, 2.45) is 5.73 Å². The van der Waals surface area contributed by atoms with Crippen LogP contribution < -0.4 is 11.1 Å². The highest BCUT2D eigenvalue weighted by Gasteiger charge is 2.28. The van der Waals surface area contributed by atoms with Crippen molar-refractivity contribution in [3.63, 3.8) is 0 Å². The molecule has 0 bridgehead atoms. The van der Waals surface area contributed by atoms with Crippen molar-refractivity contribution in [2.45, 2.75) is 25.0 Å². The zero-order valence-electron chi connectivity index (χ0n) is 17.3. The Morgan fingerprint density at radius 3 is 2.73 bits per heavy atom. The number of nitrogens with zero attached hydrogens (tertiary/aromatic N) is 2. The number of hydrogen-bond donors (Lipinski definition) is 2. The summed E-state index contributed by atoms with van der Waals surface area (Å²) in [5.41, 5.74) is 7.69. The van der Waals surface area contributed by atoms with Gasteiger partial charge in [-0.15, -0.1) is 21.5 Å². The van der Waals surface area contributed by atoms with E-state index in [2.05, 4.69) is 15.1 Å². The number of fused-ring (bicyclic) bond motifs is 1. The van der Waals surface area contributed by atoms with Crippen LogP contribution in [0.4, 0.5) is 5.00 Å². The number of pyridine rings is 1. The molecule has 0 radical (unpaired) electrons. The summed E-state index contributed by atoms with van der Waals surface area (Å²) in [6.45, 7) is 0.167. The van der Waals surface area contributed by atoms with Crippen LogP contribution in [0.25, 0.3) is 10.1 Å². The van der Waals surface area contributed by atoms with Gasteiger partial charge in [0.25, 0.3) is 5.09 Å². The molecule has 170 valence electrons. The summed E-state index contributed by atoms with van der Waals surface area (Å²) in [6, 6.07) is 10.9. The first-order valence-corrected chi connectivity index (χ1v) is 10.9. The molecule has 1 amide bonds. The van der Waals surface area contributed by atoms with Crippen LogP contribution in [0.3, 0.4) is 0 Å². The molecule has 1 unspecified atom stereocenters. The molecule has 0 spiro atoms. The number of hydrogen-bond acceptors (Lipinski definition) is 9. The number of rotatable bonds is 9. The van der Waals surface area contributed by atoms with Crippen molar-refractivity contribution in [3.8, 4) is 0 Å². The average Bonchev–Trinajstić information content (AvgIpc) is 3.17. The molecule has 0 fully saturated rings. The average molecular weight is 468 g/mol. The van der Waals surface area contributed by atoms with Gasteiger partial charge in [-0.3, -0.25) is 9.78 Å². The first-order valence-electron chi connectivity index (χ1n) is 10.0. The summed E-state index contributed by atoms with van der Waals surface area (Å²) in [5.74, 6) is -1.29. The highest BCUT2D eigenvalue weighted by Crippen LogP contribution is 2.30. The molecular weight excluding hydrogens is 448 g/mol.